The van der Waals surface area contributed by atoms with Crippen molar-refractivity contribution in [1.82, 2.24) is 9.80 Å². The van der Waals surface area contributed by atoms with Gasteiger partial charge in [0, 0.05) is 54.3 Å². The van der Waals surface area contributed by atoms with Gasteiger partial charge in [0.1, 0.15) is 11.3 Å². The molecule has 2 heterocycles. The van der Waals surface area contributed by atoms with Crippen LogP contribution in [0.3, 0.4) is 0 Å². The Morgan fingerprint density at radius 1 is 1.03 bits per heavy atom. The Bertz CT molecular complexity index is 1330. The molecule has 0 unspecified atom stereocenters. The van der Waals surface area contributed by atoms with Gasteiger partial charge in [-0.15, -0.1) is 0 Å². The number of amides is 2. The van der Waals surface area contributed by atoms with Crippen LogP contribution in [0.4, 0.5) is 4.79 Å². The lowest BCUT2D eigenvalue weighted by Gasteiger charge is -2.33. The summed E-state index contributed by atoms with van der Waals surface area (Å²) in [5.74, 6) is 0.607. The maximum absolute atomic E-state index is 13.1. The van der Waals surface area contributed by atoms with Crippen molar-refractivity contribution in [3.63, 3.8) is 0 Å². The second kappa shape index (κ2) is 10.5. The summed E-state index contributed by atoms with van der Waals surface area (Å²) >= 11 is 0. The van der Waals surface area contributed by atoms with Gasteiger partial charge >= 0.3 is 6.09 Å². The minimum atomic E-state index is -0.329. The lowest BCUT2D eigenvalue weighted by Crippen LogP contribution is -2.50. The lowest BCUT2D eigenvalue weighted by atomic mass is 9.94. The predicted octanol–water partition coefficient (Wildman–Crippen LogP) is 5.74. The summed E-state index contributed by atoms with van der Waals surface area (Å²) in [7, 11) is 1.63. The molecular formula is C29H34N2O5. The summed E-state index contributed by atoms with van der Waals surface area (Å²) in [6.07, 6.45) is 3.12. The van der Waals surface area contributed by atoms with E-state index in [4.69, 9.17) is 13.9 Å². The smallest absolute Gasteiger partial charge is 0.409 e. The first kappa shape index (κ1) is 25.4. The zero-order chi connectivity index (χ0) is 26.0. The first-order valence-electron chi connectivity index (χ1n) is 12.3. The Hall–Kier alpha value is -3.74. The summed E-state index contributed by atoms with van der Waals surface area (Å²) in [4.78, 5) is 28.5. The number of allylic oxidation sites excluding steroid dienone is 1. The molecule has 0 spiro atoms. The maximum atomic E-state index is 13.1. The number of fused-ring (bicyclic) bond motifs is 1. The van der Waals surface area contributed by atoms with E-state index in [1.165, 1.54) is 11.1 Å². The van der Waals surface area contributed by atoms with Crippen LogP contribution in [0.5, 0.6) is 5.75 Å². The molecule has 1 aliphatic rings. The van der Waals surface area contributed by atoms with Crippen molar-refractivity contribution in [1.29, 1.82) is 0 Å². The predicted molar refractivity (Wildman–Crippen MR) is 141 cm³/mol. The Labute approximate surface area is 212 Å². The molecule has 1 aliphatic heterocycles. The van der Waals surface area contributed by atoms with Crippen LogP contribution in [-0.4, -0.2) is 61.7 Å². The number of benzene rings is 2. The van der Waals surface area contributed by atoms with Gasteiger partial charge in [-0.3, -0.25) is 4.79 Å². The van der Waals surface area contributed by atoms with E-state index in [1.807, 2.05) is 13.8 Å². The molecule has 190 valence electrons. The zero-order valence-corrected chi connectivity index (χ0v) is 21.9. The number of furan rings is 1. The molecule has 0 aliphatic carbocycles. The summed E-state index contributed by atoms with van der Waals surface area (Å²) in [6.45, 7) is 12.1. The normalized spacial score (nSPS) is 14.3. The molecule has 0 N–H and O–H groups in total. The SMILES string of the molecule is CCOC(=O)N1CCN(C(=O)/C=C(\C)c2cc3c(-c4ccc(C)cc4C)coc3c(C)c2OC)CC1. The number of carbonyl (C=O) groups excluding carboxylic acids is 2. The van der Waals surface area contributed by atoms with Gasteiger partial charge in [0.25, 0.3) is 0 Å². The van der Waals surface area contributed by atoms with Gasteiger partial charge in [-0.1, -0.05) is 23.8 Å². The molecule has 36 heavy (non-hydrogen) atoms. The lowest BCUT2D eigenvalue weighted by molar-refractivity contribution is -0.127. The summed E-state index contributed by atoms with van der Waals surface area (Å²) in [5.41, 5.74) is 7.86. The third-order valence-electron chi connectivity index (χ3n) is 6.80. The van der Waals surface area contributed by atoms with Gasteiger partial charge in [0.15, 0.2) is 0 Å². The van der Waals surface area contributed by atoms with E-state index >= 15 is 0 Å². The van der Waals surface area contributed by atoms with Crippen LogP contribution in [0.15, 0.2) is 41.0 Å². The Morgan fingerprint density at radius 2 is 1.72 bits per heavy atom. The molecule has 0 bridgehead atoms. The highest BCUT2D eigenvalue weighted by Crippen LogP contribution is 2.41. The third kappa shape index (κ3) is 4.83. The Balaban J connectivity index is 1.65. The van der Waals surface area contributed by atoms with Crippen molar-refractivity contribution >= 4 is 28.5 Å². The van der Waals surface area contributed by atoms with E-state index in [9.17, 15) is 9.59 Å². The van der Waals surface area contributed by atoms with Crippen LogP contribution >= 0.6 is 0 Å². The highest BCUT2D eigenvalue weighted by atomic mass is 16.6. The Kier molecular flexibility index (Phi) is 7.38. The number of rotatable bonds is 5. The van der Waals surface area contributed by atoms with Crippen LogP contribution in [0.1, 0.15) is 36.1 Å². The quantitative estimate of drug-likeness (QED) is 0.427. The van der Waals surface area contributed by atoms with E-state index in [0.29, 0.717) is 38.5 Å². The molecule has 7 nitrogen and oxygen atoms in total. The zero-order valence-electron chi connectivity index (χ0n) is 21.9. The fourth-order valence-corrected chi connectivity index (χ4v) is 4.87. The molecule has 1 saturated heterocycles. The summed E-state index contributed by atoms with van der Waals surface area (Å²) < 4.78 is 16.8. The van der Waals surface area contributed by atoms with Gasteiger partial charge in [0.2, 0.25) is 5.91 Å². The molecule has 0 atom stereocenters. The van der Waals surface area contributed by atoms with E-state index in [1.54, 1.807) is 36.2 Å². The first-order chi connectivity index (χ1) is 17.2. The van der Waals surface area contributed by atoms with E-state index < -0.39 is 0 Å². The number of aryl methyl sites for hydroxylation is 3. The highest BCUT2D eigenvalue weighted by molar-refractivity contribution is 6.02. The molecule has 3 aromatic rings. The largest absolute Gasteiger partial charge is 0.496 e. The molecule has 0 radical (unpaired) electrons. The molecule has 0 saturated carbocycles. The topological polar surface area (TPSA) is 72.2 Å². The van der Waals surface area contributed by atoms with Crippen molar-refractivity contribution in [2.24, 2.45) is 0 Å². The number of carbonyl (C=O) groups is 2. The minimum absolute atomic E-state index is 0.0855. The van der Waals surface area contributed by atoms with E-state index in [0.717, 1.165) is 38.8 Å². The number of methoxy groups -OCH3 is 1. The van der Waals surface area contributed by atoms with Crippen molar-refractivity contribution in [2.75, 3.05) is 39.9 Å². The third-order valence-corrected chi connectivity index (χ3v) is 6.80. The van der Waals surface area contributed by atoms with Gasteiger partial charge in [0.05, 0.1) is 20.0 Å². The highest BCUT2D eigenvalue weighted by Gasteiger charge is 2.25. The van der Waals surface area contributed by atoms with Gasteiger partial charge < -0.3 is 23.7 Å². The fraction of sp³-hybridized carbons (Fsp3) is 0.379. The molecular weight excluding hydrogens is 456 g/mol. The number of nitrogens with zero attached hydrogens (tertiary/aromatic N) is 2. The Morgan fingerprint density at radius 3 is 2.36 bits per heavy atom. The van der Waals surface area contributed by atoms with E-state index in [-0.39, 0.29) is 12.0 Å². The fourth-order valence-electron chi connectivity index (χ4n) is 4.87. The van der Waals surface area contributed by atoms with Gasteiger partial charge in [-0.05, 0) is 57.4 Å². The van der Waals surface area contributed by atoms with E-state index in [2.05, 4.69) is 38.1 Å². The van der Waals surface area contributed by atoms with Gasteiger partial charge in [-0.2, -0.15) is 0 Å². The minimum Gasteiger partial charge on any atom is -0.496 e. The standard InChI is InChI=1S/C29H34N2O5/c1-7-35-29(33)31-12-10-30(11-13-31)26(32)15-20(4)23-16-24-25(22-9-8-18(2)14-19(22)3)17-36-28(24)21(5)27(23)34-6/h8-9,14-17H,7,10-13H2,1-6H3/b20-15+. The molecule has 2 aromatic carbocycles. The summed E-state index contributed by atoms with van der Waals surface area (Å²) in [6, 6.07) is 8.44. The molecule has 4 rings (SSSR count). The van der Waals surface area contributed by atoms with Crippen molar-refractivity contribution in [2.45, 2.75) is 34.6 Å². The molecule has 2 amide bonds. The van der Waals surface area contributed by atoms with Crippen LogP contribution in [0.2, 0.25) is 0 Å². The molecule has 1 fully saturated rings. The first-order valence-corrected chi connectivity index (χ1v) is 12.3. The van der Waals surface area contributed by atoms with Crippen LogP contribution in [-0.2, 0) is 9.53 Å². The number of ether oxygens (including phenoxy) is 2. The second-order valence-corrected chi connectivity index (χ2v) is 9.27. The van der Waals surface area contributed by atoms with Crippen molar-refractivity contribution in [3.8, 4) is 16.9 Å². The maximum Gasteiger partial charge on any atom is 0.409 e. The average Bonchev–Trinajstić information content (AvgIpc) is 3.28. The van der Waals surface area contributed by atoms with Crippen molar-refractivity contribution < 1.29 is 23.5 Å². The van der Waals surface area contributed by atoms with Crippen LogP contribution < -0.4 is 4.74 Å². The molecule has 7 heteroatoms. The number of piperazine rings is 1. The second-order valence-electron chi connectivity index (χ2n) is 9.27. The van der Waals surface area contributed by atoms with Crippen LogP contribution in [0.25, 0.3) is 27.7 Å². The van der Waals surface area contributed by atoms with Crippen molar-refractivity contribution in [3.05, 3.63) is 58.9 Å². The number of hydrogen-bond acceptors (Lipinski definition) is 5. The summed E-state index contributed by atoms with van der Waals surface area (Å²) in [5, 5.41) is 0.985. The number of hydrogen-bond donors (Lipinski definition) is 0. The average molecular weight is 491 g/mol. The monoisotopic (exact) mass is 490 g/mol. The van der Waals surface area contributed by atoms with Crippen LogP contribution in [0, 0.1) is 20.8 Å². The molecule has 1 aromatic heterocycles. The van der Waals surface area contributed by atoms with Gasteiger partial charge in [-0.25, -0.2) is 4.79 Å².